The molecule has 2 unspecified atom stereocenters. The molecule has 5 aliphatic rings. The van der Waals surface area contributed by atoms with Crippen LogP contribution in [0.2, 0.25) is 0 Å². The van der Waals surface area contributed by atoms with Gasteiger partial charge in [-0.25, -0.2) is 4.85 Å². The smallest absolute Gasteiger partial charge is 0.229 e. The van der Waals surface area contributed by atoms with E-state index in [-0.39, 0.29) is 6.61 Å². The lowest BCUT2D eigenvalue weighted by atomic mass is 9.54. The summed E-state index contributed by atoms with van der Waals surface area (Å²) < 4.78 is 23.5. The summed E-state index contributed by atoms with van der Waals surface area (Å²) in [6.45, 7) is 6.92. The lowest BCUT2D eigenvalue weighted by Gasteiger charge is -2.51. The van der Waals surface area contributed by atoms with Gasteiger partial charge in [-0.2, -0.15) is 0 Å². The Hall–Kier alpha value is -3.39. The number of hydrogen-bond donors (Lipinski definition) is 4. The first-order chi connectivity index (χ1) is 20.9. The average Bonchev–Trinajstić information content (AvgIpc) is 3.01. The molecule has 2 aromatic carbocycles. The highest BCUT2D eigenvalue weighted by atomic mass is 16.7. The topological polar surface area (TPSA) is 122 Å². The third kappa shape index (κ3) is 6.03. The SMILES string of the molecule is [C-]#[N+]/C=C/c1ccc(C(OC)=C2C3CC4CC(C3)CC2C4)cc1OCc1ccc(O[C@@H]2OC(CO)[C@H](O)[C@H](O)C2O)cc1. The van der Waals surface area contributed by atoms with Gasteiger partial charge in [0.05, 0.1) is 20.3 Å². The van der Waals surface area contributed by atoms with E-state index >= 15 is 0 Å². The molecule has 4 saturated carbocycles. The van der Waals surface area contributed by atoms with E-state index < -0.39 is 37.3 Å². The summed E-state index contributed by atoms with van der Waals surface area (Å²) >= 11 is 0. The summed E-state index contributed by atoms with van der Waals surface area (Å²) in [5.74, 6) is 4.91. The second kappa shape index (κ2) is 12.7. The number of aliphatic hydroxyl groups is 4. The van der Waals surface area contributed by atoms with Crippen molar-refractivity contribution < 1.29 is 39.4 Å². The first-order valence-corrected chi connectivity index (χ1v) is 15.0. The van der Waals surface area contributed by atoms with Crippen LogP contribution in [0.25, 0.3) is 16.7 Å². The number of benzene rings is 2. The molecule has 9 nitrogen and oxygen atoms in total. The van der Waals surface area contributed by atoms with E-state index in [1.807, 2.05) is 24.3 Å². The van der Waals surface area contributed by atoms with Crippen LogP contribution >= 0.6 is 0 Å². The molecule has 4 bridgehead atoms. The fourth-order valence-electron chi connectivity index (χ4n) is 7.65. The Labute approximate surface area is 251 Å². The van der Waals surface area contributed by atoms with Gasteiger partial charge in [-0.05, 0) is 85.1 Å². The monoisotopic (exact) mass is 589 g/mol. The molecule has 4 N–H and O–H groups in total. The molecule has 0 aromatic heterocycles. The number of ether oxygens (including phenoxy) is 4. The van der Waals surface area contributed by atoms with Crippen LogP contribution < -0.4 is 9.47 Å². The summed E-state index contributed by atoms with van der Waals surface area (Å²) in [6, 6.07) is 13.0. The highest BCUT2D eigenvalue weighted by Gasteiger charge is 2.47. The van der Waals surface area contributed by atoms with E-state index in [2.05, 4.69) is 10.9 Å². The summed E-state index contributed by atoms with van der Waals surface area (Å²) in [7, 11) is 1.76. The first kappa shape index (κ1) is 29.7. The van der Waals surface area contributed by atoms with Gasteiger partial charge in [0.15, 0.2) is 6.20 Å². The van der Waals surface area contributed by atoms with Crippen molar-refractivity contribution in [3.63, 3.8) is 0 Å². The number of rotatable bonds is 9. The third-order valence-electron chi connectivity index (χ3n) is 9.51. The molecule has 43 heavy (non-hydrogen) atoms. The van der Waals surface area contributed by atoms with Crippen molar-refractivity contribution in [2.45, 2.75) is 69.4 Å². The van der Waals surface area contributed by atoms with Crippen molar-refractivity contribution >= 4 is 11.8 Å². The summed E-state index contributed by atoms with van der Waals surface area (Å²) in [5.41, 5.74) is 4.12. The Bertz CT molecular complexity index is 1360. The molecule has 4 aliphatic carbocycles. The molecule has 5 atom stereocenters. The predicted octanol–water partition coefficient (Wildman–Crippen LogP) is 4.15. The molecule has 1 heterocycles. The normalized spacial score (nSPS) is 32.9. The molecule has 0 radical (unpaired) electrons. The Balaban J connectivity index is 1.18. The maximum absolute atomic E-state index is 10.3. The first-order valence-electron chi connectivity index (χ1n) is 15.0. The minimum atomic E-state index is -1.51. The van der Waals surface area contributed by atoms with Crippen LogP contribution in [-0.2, 0) is 16.1 Å². The molecule has 0 spiro atoms. The van der Waals surface area contributed by atoms with Gasteiger partial charge in [0.2, 0.25) is 6.29 Å². The Morgan fingerprint density at radius 1 is 0.953 bits per heavy atom. The van der Waals surface area contributed by atoms with Gasteiger partial charge in [0.1, 0.15) is 48.3 Å². The second-order valence-electron chi connectivity index (χ2n) is 12.2. The van der Waals surface area contributed by atoms with Crippen LogP contribution in [0.4, 0.5) is 0 Å². The number of methoxy groups -OCH3 is 1. The van der Waals surface area contributed by atoms with Crippen LogP contribution in [0.1, 0.15) is 48.8 Å². The van der Waals surface area contributed by atoms with Crippen molar-refractivity contribution in [1.82, 2.24) is 0 Å². The molecular formula is C34H39NO8. The Kier molecular flexibility index (Phi) is 8.75. The molecule has 2 aromatic rings. The Morgan fingerprint density at radius 3 is 2.28 bits per heavy atom. The van der Waals surface area contributed by atoms with Crippen LogP contribution in [-0.4, -0.2) is 64.8 Å². The molecule has 7 rings (SSSR count). The zero-order chi connectivity index (χ0) is 30.1. The Morgan fingerprint density at radius 2 is 1.65 bits per heavy atom. The fraction of sp³-hybridized carbons (Fsp3) is 0.500. The molecule has 228 valence electrons. The van der Waals surface area contributed by atoms with Gasteiger partial charge in [-0.15, -0.1) is 0 Å². The molecule has 1 aliphatic heterocycles. The van der Waals surface area contributed by atoms with Crippen molar-refractivity contribution in [3.05, 3.63) is 82.3 Å². The lowest BCUT2D eigenvalue weighted by Crippen LogP contribution is -2.60. The zero-order valence-corrected chi connectivity index (χ0v) is 24.2. The van der Waals surface area contributed by atoms with Crippen LogP contribution in [0.3, 0.4) is 0 Å². The summed E-state index contributed by atoms with van der Waals surface area (Å²) in [6.07, 6.45) is 2.87. The minimum Gasteiger partial charge on any atom is -0.496 e. The van der Waals surface area contributed by atoms with E-state index in [0.717, 1.165) is 34.3 Å². The van der Waals surface area contributed by atoms with Gasteiger partial charge in [-0.1, -0.05) is 30.3 Å². The molecule has 5 fully saturated rings. The van der Waals surface area contributed by atoms with Gasteiger partial charge >= 0.3 is 0 Å². The van der Waals surface area contributed by atoms with Gasteiger partial charge in [-0.3, -0.25) is 0 Å². The largest absolute Gasteiger partial charge is 0.496 e. The molecule has 0 amide bonds. The van der Waals surface area contributed by atoms with Crippen molar-refractivity contribution in [2.75, 3.05) is 13.7 Å². The van der Waals surface area contributed by atoms with E-state index in [9.17, 15) is 20.4 Å². The van der Waals surface area contributed by atoms with E-state index in [4.69, 9.17) is 25.5 Å². The van der Waals surface area contributed by atoms with Gasteiger partial charge in [0, 0.05) is 11.1 Å². The van der Waals surface area contributed by atoms with Gasteiger partial charge in [0.25, 0.3) is 0 Å². The summed E-state index contributed by atoms with van der Waals surface area (Å²) in [5, 5.41) is 39.7. The van der Waals surface area contributed by atoms with Crippen molar-refractivity contribution in [1.29, 1.82) is 0 Å². The fourth-order valence-corrected chi connectivity index (χ4v) is 7.65. The van der Waals surface area contributed by atoms with Crippen molar-refractivity contribution in [2.24, 2.45) is 23.7 Å². The average molecular weight is 590 g/mol. The molecular weight excluding hydrogens is 550 g/mol. The van der Waals surface area contributed by atoms with Gasteiger partial charge < -0.3 is 39.4 Å². The van der Waals surface area contributed by atoms with E-state index in [0.29, 0.717) is 23.3 Å². The van der Waals surface area contributed by atoms with Crippen molar-refractivity contribution in [3.8, 4) is 11.5 Å². The van der Waals surface area contributed by atoms with E-state index in [1.165, 1.54) is 43.9 Å². The quantitative estimate of drug-likeness (QED) is 0.254. The lowest BCUT2D eigenvalue weighted by molar-refractivity contribution is -0.277. The number of allylic oxidation sites excluding steroid dienone is 1. The van der Waals surface area contributed by atoms with Crippen LogP contribution in [0.5, 0.6) is 11.5 Å². The van der Waals surface area contributed by atoms with E-state index in [1.54, 1.807) is 25.3 Å². The molecule has 1 saturated heterocycles. The van der Waals surface area contributed by atoms with Crippen LogP contribution in [0, 0.1) is 30.2 Å². The van der Waals surface area contributed by atoms with Crippen LogP contribution in [0.15, 0.2) is 54.2 Å². The summed E-state index contributed by atoms with van der Waals surface area (Å²) in [4.78, 5) is 3.36. The maximum atomic E-state index is 10.3. The third-order valence-corrected chi connectivity index (χ3v) is 9.51. The zero-order valence-electron chi connectivity index (χ0n) is 24.2. The minimum absolute atomic E-state index is 0.260. The highest BCUT2D eigenvalue weighted by Crippen LogP contribution is 2.58. The standard InChI is InChI=1S/C34H39NO8/c1-35-10-9-22-5-6-23(33(40-2)29-24-12-20-11-21(14-24)15-25(29)13-20)16-27(22)41-18-19-3-7-26(8-4-19)42-34-32(39)31(38)30(37)28(17-36)43-34/h3-10,16,20-21,24-25,28,30-32,34,36-39H,11-15,17-18H2,2H3/b10-9+,33-29?/t20?,21?,24?,25?,28?,30-,31-,32?,34+/m0/s1. The predicted molar refractivity (Wildman–Crippen MR) is 158 cm³/mol. The molecule has 9 heteroatoms. The number of aliphatic hydroxyl groups excluding tert-OH is 4. The highest BCUT2D eigenvalue weighted by molar-refractivity contribution is 5.69. The second-order valence-corrected chi connectivity index (χ2v) is 12.2. The number of hydrogen-bond acceptors (Lipinski definition) is 8. The maximum Gasteiger partial charge on any atom is 0.229 e. The number of nitrogens with zero attached hydrogens (tertiary/aromatic N) is 1.